The molecule has 1 atom stereocenters. The van der Waals surface area contributed by atoms with E-state index >= 15 is 0 Å². The van der Waals surface area contributed by atoms with Gasteiger partial charge in [0.1, 0.15) is 6.10 Å². The van der Waals surface area contributed by atoms with Crippen LogP contribution < -0.4 is 0 Å². The fourth-order valence-corrected chi connectivity index (χ4v) is 1.75. The molecule has 0 amide bonds. The zero-order valence-corrected chi connectivity index (χ0v) is 8.79. The van der Waals surface area contributed by atoms with Gasteiger partial charge in [0.2, 0.25) is 0 Å². The van der Waals surface area contributed by atoms with Crippen LogP contribution in [0, 0.1) is 0 Å². The molecule has 1 aliphatic rings. The monoisotopic (exact) mass is 209 g/mol. The van der Waals surface area contributed by atoms with Crippen LogP contribution in [0.5, 0.6) is 0 Å². The summed E-state index contributed by atoms with van der Waals surface area (Å²) in [4.78, 5) is 5.25. The van der Waals surface area contributed by atoms with E-state index in [2.05, 4.69) is 12.1 Å². The highest BCUT2D eigenvalue weighted by Crippen LogP contribution is 2.23. The quantitative estimate of drug-likeness (QED) is 0.733. The van der Waals surface area contributed by atoms with Gasteiger partial charge in [0.15, 0.2) is 0 Å². The Bertz CT molecular complexity index is 362. The molecule has 1 aromatic rings. The molecule has 2 rings (SSSR count). The predicted molar refractivity (Wildman–Crippen MR) is 57.8 cm³/mol. The lowest BCUT2D eigenvalue weighted by molar-refractivity contribution is 0.0829. The largest absolute Gasteiger partial charge is 0.392 e. The van der Waals surface area contributed by atoms with Crippen molar-refractivity contribution in [1.82, 2.24) is 0 Å². The first-order valence-electron chi connectivity index (χ1n) is 4.79. The van der Waals surface area contributed by atoms with Crippen LogP contribution in [-0.4, -0.2) is 11.8 Å². The van der Waals surface area contributed by atoms with E-state index in [1.165, 1.54) is 0 Å². The summed E-state index contributed by atoms with van der Waals surface area (Å²) in [6, 6.07) is 7.73. The van der Waals surface area contributed by atoms with Crippen molar-refractivity contribution in [2.75, 3.05) is 0 Å². The first kappa shape index (κ1) is 9.53. The van der Waals surface area contributed by atoms with Crippen molar-refractivity contribution in [3.63, 3.8) is 0 Å². The molecule has 0 saturated heterocycles. The van der Waals surface area contributed by atoms with Gasteiger partial charge in [-0.1, -0.05) is 41.9 Å². The molecule has 2 nitrogen and oxygen atoms in total. The van der Waals surface area contributed by atoms with Crippen LogP contribution in [0.15, 0.2) is 29.4 Å². The predicted octanol–water partition coefficient (Wildman–Crippen LogP) is 3.24. The molecule has 0 saturated carbocycles. The fourth-order valence-electron chi connectivity index (χ4n) is 1.50. The molecule has 1 unspecified atom stereocenters. The molecule has 3 heteroatoms. The van der Waals surface area contributed by atoms with Crippen LogP contribution in [0.25, 0.3) is 0 Å². The van der Waals surface area contributed by atoms with E-state index in [9.17, 15) is 0 Å². The molecule has 1 heterocycles. The van der Waals surface area contributed by atoms with Crippen LogP contribution in [0.3, 0.4) is 0 Å². The maximum Gasteiger partial charge on any atom is 0.133 e. The van der Waals surface area contributed by atoms with Crippen LogP contribution in [-0.2, 0) is 4.84 Å². The van der Waals surface area contributed by atoms with E-state index in [1.54, 1.807) is 0 Å². The lowest BCUT2D eigenvalue weighted by Crippen LogP contribution is -2.06. The van der Waals surface area contributed by atoms with Gasteiger partial charge in [-0.2, -0.15) is 0 Å². The third kappa shape index (κ3) is 1.75. The SMILES string of the molecule is CCC1CC(c2ccccc2Cl)=NO1. The maximum absolute atomic E-state index is 6.06. The molecule has 14 heavy (non-hydrogen) atoms. The van der Waals surface area contributed by atoms with E-state index in [0.717, 1.165) is 29.1 Å². The average molecular weight is 210 g/mol. The molecule has 0 spiro atoms. The Morgan fingerprint density at radius 1 is 1.50 bits per heavy atom. The van der Waals surface area contributed by atoms with Crippen molar-refractivity contribution in [1.29, 1.82) is 0 Å². The molecule has 0 bridgehead atoms. The van der Waals surface area contributed by atoms with Crippen molar-refractivity contribution in [3.8, 4) is 0 Å². The molecule has 1 aliphatic heterocycles. The van der Waals surface area contributed by atoms with Gasteiger partial charge < -0.3 is 4.84 Å². The molecule has 0 aliphatic carbocycles. The van der Waals surface area contributed by atoms with Crippen LogP contribution in [0.4, 0.5) is 0 Å². The van der Waals surface area contributed by atoms with Crippen molar-refractivity contribution in [2.24, 2.45) is 5.16 Å². The van der Waals surface area contributed by atoms with E-state index in [1.807, 2.05) is 24.3 Å². The van der Waals surface area contributed by atoms with Gasteiger partial charge in [0.25, 0.3) is 0 Å². The lowest BCUT2D eigenvalue weighted by atomic mass is 10.0. The maximum atomic E-state index is 6.06. The molecule has 0 N–H and O–H groups in total. The number of oxime groups is 1. The van der Waals surface area contributed by atoms with Gasteiger partial charge in [0.05, 0.1) is 5.71 Å². The third-order valence-electron chi connectivity index (χ3n) is 2.37. The van der Waals surface area contributed by atoms with E-state index < -0.39 is 0 Å². The average Bonchev–Trinajstić information content (AvgIpc) is 2.67. The first-order valence-corrected chi connectivity index (χ1v) is 5.16. The Morgan fingerprint density at radius 3 is 2.93 bits per heavy atom. The van der Waals surface area contributed by atoms with Crippen LogP contribution in [0.1, 0.15) is 25.3 Å². The summed E-state index contributed by atoms with van der Waals surface area (Å²) in [7, 11) is 0. The molecule has 0 fully saturated rings. The Balaban J connectivity index is 2.22. The van der Waals surface area contributed by atoms with Crippen molar-refractivity contribution >= 4 is 17.3 Å². The minimum atomic E-state index is 0.223. The first-order chi connectivity index (χ1) is 6.81. The summed E-state index contributed by atoms with van der Waals surface area (Å²) in [6.45, 7) is 2.09. The lowest BCUT2D eigenvalue weighted by Gasteiger charge is -2.03. The van der Waals surface area contributed by atoms with Crippen molar-refractivity contribution < 1.29 is 4.84 Å². The second-order valence-corrected chi connectivity index (χ2v) is 3.76. The number of halogens is 1. The van der Waals surface area contributed by atoms with E-state index in [0.29, 0.717) is 0 Å². The van der Waals surface area contributed by atoms with Gasteiger partial charge in [-0.05, 0) is 12.5 Å². The van der Waals surface area contributed by atoms with Crippen LogP contribution >= 0.6 is 11.6 Å². The minimum absolute atomic E-state index is 0.223. The molecular formula is C11H12ClNO. The van der Waals surface area contributed by atoms with E-state index in [-0.39, 0.29) is 6.10 Å². The standard InChI is InChI=1S/C11H12ClNO/c1-2-8-7-11(13-14-8)9-5-3-4-6-10(9)12/h3-6,8H,2,7H2,1H3. The molecule has 0 radical (unpaired) electrons. The summed E-state index contributed by atoms with van der Waals surface area (Å²) in [5, 5.41) is 4.79. The van der Waals surface area contributed by atoms with Gasteiger partial charge in [-0.25, -0.2) is 0 Å². The van der Waals surface area contributed by atoms with Crippen molar-refractivity contribution in [3.05, 3.63) is 34.9 Å². The second-order valence-electron chi connectivity index (χ2n) is 3.36. The zero-order chi connectivity index (χ0) is 9.97. The Labute approximate surface area is 88.5 Å². The highest BCUT2D eigenvalue weighted by molar-refractivity contribution is 6.34. The number of hydrogen-bond donors (Lipinski definition) is 0. The molecule has 74 valence electrons. The summed E-state index contributed by atoms with van der Waals surface area (Å²) in [5.41, 5.74) is 1.95. The highest BCUT2D eigenvalue weighted by Gasteiger charge is 2.21. The minimum Gasteiger partial charge on any atom is -0.392 e. The Hall–Kier alpha value is -1.02. The fraction of sp³-hybridized carbons (Fsp3) is 0.364. The Kier molecular flexibility index (Phi) is 2.73. The summed E-state index contributed by atoms with van der Waals surface area (Å²) >= 11 is 6.06. The summed E-state index contributed by atoms with van der Waals surface area (Å²) < 4.78 is 0. The highest BCUT2D eigenvalue weighted by atomic mass is 35.5. The summed E-state index contributed by atoms with van der Waals surface area (Å²) in [5.74, 6) is 0. The van der Waals surface area contributed by atoms with Crippen LogP contribution in [0.2, 0.25) is 5.02 Å². The second kappa shape index (κ2) is 4.01. The van der Waals surface area contributed by atoms with Gasteiger partial charge in [-0.15, -0.1) is 0 Å². The number of hydrogen-bond acceptors (Lipinski definition) is 2. The number of nitrogens with zero attached hydrogens (tertiary/aromatic N) is 1. The summed E-state index contributed by atoms with van der Waals surface area (Å²) in [6.07, 6.45) is 2.07. The third-order valence-corrected chi connectivity index (χ3v) is 2.70. The molecule has 0 aromatic heterocycles. The number of benzene rings is 1. The van der Waals surface area contributed by atoms with Gasteiger partial charge >= 0.3 is 0 Å². The smallest absolute Gasteiger partial charge is 0.133 e. The normalized spacial score (nSPS) is 20.4. The van der Waals surface area contributed by atoms with Gasteiger partial charge in [-0.3, -0.25) is 0 Å². The molecule has 1 aromatic carbocycles. The van der Waals surface area contributed by atoms with Crippen molar-refractivity contribution in [2.45, 2.75) is 25.9 Å². The number of rotatable bonds is 2. The Morgan fingerprint density at radius 2 is 2.29 bits per heavy atom. The van der Waals surface area contributed by atoms with Gasteiger partial charge in [0, 0.05) is 17.0 Å². The molecular weight excluding hydrogens is 198 g/mol. The topological polar surface area (TPSA) is 21.6 Å². The van der Waals surface area contributed by atoms with E-state index in [4.69, 9.17) is 16.4 Å². The zero-order valence-electron chi connectivity index (χ0n) is 8.03.